The van der Waals surface area contributed by atoms with Gasteiger partial charge in [-0.05, 0) is 54.1 Å². The molecule has 242 valence electrons. The molecule has 10 rings (SSSR count). The molecule has 3 heterocycles. The number of benzene rings is 7. The molecule has 0 atom stereocenters. The Labute approximate surface area is 304 Å². The van der Waals surface area contributed by atoms with Crippen molar-refractivity contribution in [2.45, 2.75) is 0 Å². The summed E-state index contributed by atoms with van der Waals surface area (Å²) in [6.45, 7) is 0. The third-order valence-electron chi connectivity index (χ3n) is 9.86. The Hall–Kier alpha value is -6.87. The van der Waals surface area contributed by atoms with Gasteiger partial charge in [-0.15, -0.1) is 11.3 Å². The highest BCUT2D eigenvalue weighted by atomic mass is 32.1. The van der Waals surface area contributed by atoms with Gasteiger partial charge >= 0.3 is 0 Å². The van der Waals surface area contributed by atoms with E-state index in [1.54, 1.807) is 0 Å². The van der Waals surface area contributed by atoms with Crippen LogP contribution in [-0.2, 0) is 0 Å². The zero-order valence-corrected chi connectivity index (χ0v) is 28.7. The first-order chi connectivity index (χ1) is 25.7. The maximum absolute atomic E-state index is 10.6. The van der Waals surface area contributed by atoms with Gasteiger partial charge in [-0.25, -0.2) is 9.97 Å². The van der Waals surface area contributed by atoms with E-state index < -0.39 is 0 Å². The summed E-state index contributed by atoms with van der Waals surface area (Å²) in [6, 6.07) is 61.3. The lowest BCUT2D eigenvalue weighted by molar-refractivity contribution is 1.17. The Balaban J connectivity index is 1.20. The number of rotatable bonds is 5. The minimum Gasteiger partial charge on any atom is -0.307 e. The van der Waals surface area contributed by atoms with Gasteiger partial charge < -0.3 is 4.57 Å². The summed E-state index contributed by atoms with van der Waals surface area (Å²) in [4.78, 5) is 10.1. The number of aromatic nitrogens is 3. The van der Waals surface area contributed by atoms with Gasteiger partial charge in [0, 0.05) is 53.2 Å². The Morgan fingerprint density at radius 1 is 0.462 bits per heavy atom. The van der Waals surface area contributed by atoms with E-state index in [0.29, 0.717) is 11.4 Å². The number of nitrogens with zero attached hydrogens (tertiary/aromatic N) is 4. The van der Waals surface area contributed by atoms with Gasteiger partial charge in [0.2, 0.25) is 0 Å². The highest BCUT2D eigenvalue weighted by Gasteiger charge is 2.20. The lowest BCUT2D eigenvalue weighted by atomic mass is 9.98. The number of para-hydroxylation sites is 2. The van der Waals surface area contributed by atoms with Crippen molar-refractivity contribution in [2.75, 3.05) is 0 Å². The molecular formula is C47H28N4S. The molecule has 0 aliphatic carbocycles. The van der Waals surface area contributed by atoms with Gasteiger partial charge in [-0.2, -0.15) is 5.26 Å². The monoisotopic (exact) mass is 680 g/mol. The van der Waals surface area contributed by atoms with Crippen molar-refractivity contribution in [1.82, 2.24) is 14.5 Å². The van der Waals surface area contributed by atoms with Crippen LogP contribution in [0.5, 0.6) is 0 Å². The summed E-state index contributed by atoms with van der Waals surface area (Å²) in [7, 11) is 0. The molecule has 0 spiro atoms. The smallest absolute Gasteiger partial charge is 0.160 e. The van der Waals surface area contributed by atoms with Crippen molar-refractivity contribution < 1.29 is 0 Å². The molecule has 0 aliphatic rings. The summed E-state index contributed by atoms with van der Waals surface area (Å²) in [6.07, 6.45) is 0. The summed E-state index contributed by atoms with van der Waals surface area (Å²) in [5.74, 6) is 0.683. The van der Waals surface area contributed by atoms with E-state index in [4.69, 9.17) is 9.97 Å². The van der Waals surface area contributed by atoms with Crippen LogP contribution in [-0.4, -0.2) is 14.5 Å². The predicted molar refractivity (Wildman–Crippen MR) is 216 cm³/mol. The van der Waals surface area contributed by atoms with Crippen LogP contribution >= 0.6 is 11.3 Å². The molecule has 52 heavy (non-hydrogen) atoms. The third-order valence-corrected chi connectivity index (χ3v) is 11.0. The quantitative estimate of drug-likeness (QED) is 0.182. The van der Waals surface area contributed by atoms with E-state index in [0.717, 1.165) is 66.7 Å². The molecule has 0 amide bonds. The molecule has 7 aromatic carbocycles. The van der Waals surface area contributed by atoms with Gasteiger partial charge in [0.05, 0.1) is 33.7 Å². The fraction of sp³-hybridized carbons (Fsp3) is 0. The van der Waals surface area contributed by atoms with E-state index in [2.05, 4.69) is 120 Å². The van der Waals surface area contributed by atoms with Crippen molar-refractivity contribution in [3.05, 3.63) is 175 Å². The van der Waals surface area contributed by atoms with Gasteiger partial charge in [-0.1, -0.05) is 121 Å². The second-order valence-electron chi connectivity index (χ2n) is 12.9. The molecule has 0 unspecified atom stereocenters. The molecular weight excluding hydrogens is 653 g/mol. The topological polar surface area (TPSA) is 54.5 Å². The SMILES string of the molecule is N#Cc1cccc(-c2ccc3sc4ccccc4c3c2)c1-n1c2ccccc2c2cc(-c3cc(-c4ccccc4)nc(-c4ccccc4)n3)ccc21. The number of nitriles is 1. The maximum atomic E-state index is 10.6. The summed E-state index contributed by atoms with van der Waals surface area (Å²) in [5.41, 5.74) is 10.4. The third kappa shape index (κ3) is 4.89. The van der Waals surface area contributed by atoms with Gasteiger partial charge in [0.1, 0.15) is 6.07 Å². The van der Waals surface area contributed by atoms with Gasteiger partial charge in [0.25, 0.3) is 0 Å². The Morgan fingerprint density at radius 3 is 1.90 bits per heavy atom. The second kappa shape index (κ2) is 12.2. The average molecular weight is 681 g/mol. The Kier molecular flexibility index (Phi) is 7.02. The highest BCUT2D eigenvalue weighted by molar-refractivity contribution is 7.25. The molecule has 3 aromatic heterocycles. The normalized spacial score (nSPS) is 11.4. The van der Waals surface area contributed by atoms with Crippen molar-refractivity contribution in [2.24, 2.45) is 0 Å². The molecule has 4 nitrogen and oxygen atoms in total. The van der Waals surface area contributed by atoms with Crippen LogP contribution in [0.2, 0.25) is 0 Å². The summed E-state index contributed by atoms with van der Waals surface area (Å²) in [5, 5.41) is 15.3. The lowest BCUT2D eigenvalue weighted by Gasteiger charge is -2.16. The minimum absolute atomic E-state index is 0.621. The largest absolute Gasteiger partial charge is 0.307 e. The zero-order chi connectivity index (χ0) is 34.6. The van der Waals surface area contributed by atoms with Crippen molar-refractivity contribution >= 4 is 53.3 Å². The van der Waals surface area contributed by atoms with Crippen LogP contribution in [0.1, 0.15) is 5.56 Å². The maximum Gasteiger partial charge on any atom is 0.160 e. The predicted octanol–water partition coefficient (Wildman–Crippen LogP) is 12.5. The molecule has 0 saturated carbocycles. The molecule has 10 aromatic rings. The van der Waals surface area contributed by atoms with Crippen molar-refractivity contribution in [3.8, 4) is 56.8 Å². The molecule has 0 N–H and O–H groups in total. The number of fused-ring (bicyclic) bond motifs is 6. The Morgan fingerprint density at radius 2 is 1.10 bits per heavy atom. The number of hydrogen-bond acceptors (Lipinski definition) is 4. The van der Waals surface area contributed by atoms with Gasteiger partial charge in [0.15, 0.2) is 5.82 Å². The molecule has 0 bridgehead atoms. The van der Waals surface area contributed by atoms with Crippen LogP contribution < -0.4 is 0 Å². The standard InChI is InChI=1S/C47H28N4S/c48-29-34-16-11-19-35(32-23-25-45-39(26-32)37-18-8-10-21-44(37)52-45)46(34)51-42-20-9-7-17-36(42)38-27-33(22-24-43(38)51)41-28-40(30-12-3-1-4-13-30)49-47(50-41)31-14-5-2-6-15-31/h1-28H. The Bertz CT molecular complexity index is 2970. The first-order valence-corrected chi connectivity index (χ1v) is 18.0. The van der Waals surface area contributed by atoms with Crippen LogP contribution in [0.3, 0.4) is 0 Å². The van der Waals surface area contributed by atoms with E-state index >= 15 is 0 Å². The van der Waals surface area contributed by atoms with Crippen LogP contribution in [0, 0.1) is 11.3 Å². The second-order valence-corrected chi connectivity index (χ2v) is 14.0. The number of thiophene rings is 1. The summed E-state index contributed by atoms with van der Waals surface area (Å²) >= 11 is 1.81. The van der Waals surface area contributed by atoms with Crippen molar-refractivity contribution in [3.63, 3.8) is 0 Å². The molecule has 0 fully saturated rings. The van der Waals surface area contributed by atoms with Crippen molar-refractivity contribution in [1.29, 1.82) is 5.26 Å². The molecule has 0 saturated heterocycles. The van der Waals surface area contributed by atoms with E-state index in [1.165, 1.54) is 20.2 Å². The van der Waals surface area contributed by atoms with Crippen LogP contribution in [0.25, 0.3) is 92.7 Å². The fourth-order valence-electron chi connectivity index (χ4n) is 7.44. The molecule has 5 heteroatoms. The molecule has 0 aliphatic heterocycles. The number of hydrogen-bond donors (Lipinski definition) is 0. The van der Waals surface area contributed by atoms with Crippen LogP contribution in [0.4, 0.5) is 0 Å². The lowest BCUT2D eigenvalue weighted by Crippen LogP contribution is -2.01. The van der Waals surface area contributed by atoms with E-state index in [9.17, 15) is 5.26 Å². The molecule has 0 radical (unpaired) electrons. The first kappa shape index (κ1) is 30.0. The summed E-state index contributed by atoms with van der Waals surface area (Å²) < 4.78 is 4.79. The zero-order valence-electron chi connectivity index (χ0n) is 27.9. The highest BCUT2D eigenvalue weighted by Crippen LogP contribution is 2.42. The van der Waals surface area contributed by atoms with Gasteiger partial charge in [-0.3, -0.25) is 0 Å². The minimum atomic E-state index is 0.621. The van der Waals surface area contributed by atoms with E-state index in [1.807, 2.05) is 72.0 Å². The van der Waals surface area contributed by atoms with E-state index in [-0.39, 0.29) is 0 Å². The van der Waals surface area contributed by atoms with Crippen LogP contribution in [0.15, 0.2) is 170 Å². The first-order valence-electron chi connectivity index (χ1n) is 17.2. The average Bonchev–Trinajstić information content (AvgIpc) is 3.76. The fourth-order valence-corrected chi connectivity index (χ4v) is 8.53.